The summed E-state index contributed by atoms with van der Waals surface area (Å²) in [5.74, 6) is 0.656. The fourth-order valence-electron chi connectivity index (χ4n) is 1.93. The van der Waals surface area contributed by atoms with E-state index in [9.17, 15) is 4.79 Å². The zero-order chi connectivity index (χ0) is 15.8. The molecule has 0 saturated carbocycles. The van der Waals surface area contributed by atoms with Crippen molar-refractivity contribution in [2.75, 3.05) is 6.61 Å². The molecule has 22 heavy (non-hydrogen) atoms. The highest BCUT2D eigenvalue weighted by Gasteiger charge is 2.11. The molecule has 2 aromatic rings. The van der Waals surface area contributed by atoms with Crippen molar-refractivity contribution in [3.63, 3.8) is 0 Å². The van der Waals surface area contributed by atoms with Crippen molar-refractivity contribution in [2.45, 2.75) is 26.2 Å². The molecule has 2 aromatic carbocycles. The Labute approximate surface area is 135 Å². The first-order valence-electron chi connectivity index (χ1n) is 7.40. The first kappa shape index (κ1) is 16.4. The van der Waals surface area contributed by atoms with Crippen LogP contribution in [0, 0.1) is 0 Å². The molecule has 0 amide bonds. The van der Waals surface area contributed by atoms with Crippen molar-refractivity contribution >= 4 is 17.6 Å². The van der Waals surface area contributed by atoms with E-state index in [1.54, 1.807) is 30.3 Å². The number of esters is 1. The third-order valence-corrected chi connectivity index (χ3v) is 3.42. The molecule has 0 unspecified atom stereocenters. The van der Waals surface area contributed by atoms with Gasteiger partial charge in [-0.2, -0.15) is 0 Å². The molecular weight excluding hydrogens is 300 g/mol. The lowest BCUT2D eigenvalue weighted by molar-refractivity contribution is 0.0734. The summed E-state index contributed by atoms with van der Waals surface area (Å²) in [5, 5.41) is 0.416. The Morgan fingerprint density at radius 3 is 2.55 bits per heavy atom. The van der Waals surface area contributed by atoms with Crippen LogP contribution in [0.15, 0.2) is 48.5 Å². The van der Waals surface area contributed by atoms with Gasteiger partial charge in [0.25, 0.3) is 0 Å². The molecule has 2 rings (SSSR count). The fourth-order valence-corrected chi connectivity index (χ4v) is 2.17. The zero-order valence-electron chi connectivity index (χ0n) is 12.5. The highest BCUT2D eigenvalue weighted by Crippen LogP contribution is 2.26. The first-order chi connectivity index (χ1) is 10.7. The molecule has 0 atom stereocenters. The summed E-state index contributed by atoms with van der Waals surface area (Å²) >= 11 is 6.16. The van der Waals surface area contributed by atoms with Gasteiger partial charge in [-0.1, -0.05) is 49.6 Å². The average molecular weight is 319 g/mol. The van der Waals surface area contributed by atoms with Crippen molar-refractivity contribution in [1.82, 2.24) is 0 Å². The Balaban J connectivity index is 1.97. The van der Waals surface area contributed by atoms with Crippen LogP contribution in [0.2, 0.25) is 5.02 Å². The number of hydrogen-bond acceptors (Lipinski definition) is 3. The van der Waals surface area contributed by atoms with Crippen molar-refractivity contribution < 1.29 is 14.3 Å². The van der Waals surface area contributed by atoms with Gasteiger partial charge in [-0.05, 0) is 36.8 Å². The minimum absolute atomic E-state index is 0.398. The Kier molecular flexibility index (Phi) is 6.28. The zero-order valence-corrected chi connectivity index (χ0v) is 13.3. The summed E-state index contributed by atoms with van der Waals surface area (Å²) in [6.07, 6.45) is 3.26. The van der Waals surface area contributed by atoms with Crippen molar-refractivity contribution in [2.24, 2.45) is 0 Å². The number of carbonyl (C=O) groups is 1. The smallest absolute Gasteiger partial charge is 0.343 e. The summed E-state index contributed by atoms with van der Waals surface area (Å²) in [5.41, 5.74) is 0.398. The molecule has 0 heterocycles. The van der Waals surface area contributed by atoms with Crippen LogP contribution in [0.25, 0.3) is 0 Å². The van der Waals surface area contributed by atoms with E-state index in [4.69, 9.17) is 21.1 Å². The largest absolute Gasteiger partial charge is 0.492 e. The molecule has 0 aliphatic carbocycles. The SMILES string of the molecule is CCCCCOc1ccc(C(=O)Oc2ccccc2)cc1Cl. The van der Waals surface area contributed by atoms with E-state index < -0.39 is 5.97 Å². The summed E-state index contributed by atoms with van der Waals surface area (Å²) in [6.45, 7) is 2.77. The molecule has 0 radical (unpaired) electrons. The number of hydrogen-bond donors (Lipinski definition) is 0. The van der Waals surface area contributed by atoms with Gasteiger partial charge in [-0.25, -0.2) is 4.79 Å². The molecule has 116 valence electrons. The van der Waals surface area contributed by atoms with Gasteiger partial charge < -0.3 is 9.47 Å². The van der Waals surface area contributed by atoms with E-state index in [1.807, 2.05) is 18.2 Å². The maximum Gasteiger partial charge on any atom is 0.343 e. The molecule has 0 saturated heterocycles. The van der Waals surface area contributed by atoms with E-state index in [2.05, 4.69) is 6.92 Å². The van der Waals surface area contributed by atoms with Crippen LogP contribution in [0.1, 0.15) is 36.5 Å². The van der Waals surface area contributed by atoms with Crippen LogP contribution >= 0.6 is 11.6 Å². The maximum atomic E-state index is 12.1. The second-order valence-corrected chi connectivity index (χ2v) is 5.31. The molecular formula is C18H19ClO3. The normalized spacial score (nSPS) is 10.3. The third-order valence-electron chi connectivity index (χ3n) is 3.13. The average Bonchev–Trinajstić information content (AvgIpc) is 2.53. The molecule has 0 fully saturated rings. The lowest BCUT2D eigenvalue weighted by Crippen LogP contribution is -2.08. The number of para-hydroxylation sites is 1. The van der Waals surface area contributed by atoms with Gasteiger partial charge in [-0.15, -0.1) is 0 Å². The Morgan fingerprint density at radius 1 is 1.09 bits per heavy atom. The number of halogens is 1. The minimum atomic E-state index is -0.439. The fraction of sp³-hybridized carbons (Fsp3) is 0.278. The van der Waals surface area contributed by atoms with Crippen LogP contribution in [-0.4, -0.2) is 12.6 Å². The summed E-state index contributed by atoms with van der Waals surface area (Å²) in [4.78, 5) is 12.1. The van der Waals surface area contributed by atoms with Crippen LogP contribution in [-0.2, 0) is 0 Å². The molecule has 0 spiro atoms. The van der Waals surface area contributed by atoms with Crippen LogP contribution in [0.4, 0.5) is 0 Å². The van der Waals surface area contributed by atoms with E-state index in [0.29, 0.717) is 28.7 Å². The molecule has 3 nitrogen and oxygen atoms in total. The monoisotopic (exact) mass is 318 g/mol. The van der Waals surface area contributed by atoms with Gasteiger partial charge in [0, 0.05) is 0 Å². The van der Waals surface area contributed by atoms with Gasteiger partial charge >= 0.3 is 5.97 Å². The number of ether oxygens (including phenoxy) is 2. The van der Waals surface area contributed by atoms with E-state index in [-0.39, 0.29) is 0 Å². The predicted molar refractivity (Wildman–Crippen MR) is 87.9 cm³/mol. The van der Waals surface area contributed by atoms with Gasteiger partial charge in [0.05, 0.1) is 17.2 Å². The van der Waals surface area contributed by atoms with Crippen molar-refractivity contribution in [3.05, 3.63) is 59.1 Å². The lowest BCUT2D eigenvalue weighted by Gasteiger charge is -2.09. The molecule has 0 bridgehead atoms. The molecule has 0 aromatic heterocycles. The van der Waals surface area contributed by atoms with E-state index in [0.717, 1.165) is 19.3 Å². The molecule has 4 heteroatoms. The number of benzene rings is 2. The topological polar surface area (TPSA) is 35.5 Å². The van der Waals surface area contributed by atoms with Gasteiger partial charge in [0.2, 0.25) is 0 Å². The Morgan fingerprint density at radius 2 is 1.86 bits per heavy atom. The van der Waals surface area contributed by atoms with Gasteiger partial charge in [0.15, 0.2) is 0 Å². The number of unbranched alkanes of at least 4 members (excludes halogenated alkanes) is 2. The number of rotatable bonds is 7. The van der Waals surface area contributed by atoms with Crippen LogP contribution in [0.5, 0.6) is 11.5 Å². The molecule has 0 aliphatic rings. The summed E-state index contributed by atoms with van der Waals surface area (Å²) in [6, 6.07) is 13.9. The minimum Gasteiger partial charge on any atom is -0.492 e. The standard InChI is InChI=1S/C18H19ClO3/c1-2-3-7-12-21-17-11-10-14(13-16(17)19)18(20)22-15-8-5-4-6-9-15/h4-6,8-11,13H,2-3,7,12H2,1H3. The van der Waals surface area contributed by atoms with Gasteiger partial charge in [-0.3, -0.25) is 0 Å². The van der Waals surface area contributed by atoms with Crippen LogP contribution < -0.4 is 9.47 Å². The predicted octanol–water partition coefficient (Wildman–Crippen LogP) is 5.13. The molecule has 0 aliphatic heterocycles. The lowest BCUT2D eigenvalue weighted by atomic mass is 10.2. The van der Waals surface area contributed by atoms with Crippen molar-refractivity contribution in [3.8, 4) is 11.5 Å². The highest BCUT2D eigenvalue weighted by molar-refractivity contribution is 6.32. The maximum absolute atomic E-state index is 12.1. The highest BCUT2D eigenvalue weighted by atomic mass is 35.5. The Bertz CT molecular complexity index is 611. The van der Waals surface area contributed by atoms with E-state index in [1.165, 1.54) is 0 Å². The third kappa shape index (κ3) is 4.78. The van der Waals surface area contributed by atoms with Crippen molar-refractivity contribution in [1.29, 1.82) is 0 Å². The summed E-state index contributed by atoms with van der Waals surface area (Å²) in [7, 11) is 0. The van der Waals surface area contributed by atoms with E-state index >= 15 is 0 Å². The molecule has 0 N–H and O–H groups in total. The number of carbonyl (C=O) groups excluding carboxylic acids is 1. The van der Waals surface area contributed by atoms with Crippen LogP contribution in [0.3, 0.4) is 0 Å². The second kappa shape index (κ2) is 8.44. The van der Waals surface area contributed by atoms with Gasteiger partial charge in [0.1, 0.15) is 11.5 Å². The second-order valence-electron chi connectivity index (χ2n) is 4.90. The quantitative estimate of drug-likeness (QED) is 0.403. The Hall–Kier alpha value is -2.00. The summed E-state index contributed by atoms with van der Waals surface area (Å²) < 4.78 is 10.9. The first-order valence-corrected chi connectivity index (χ1v) is 7.78.